The molecule has 0 aliphatic carbocycles. The molecule has 0 aromatic heterocycles. The van der Waals surface area contributed by atoms with Gasteiger partial charge in [0, 0.05) is 6.54 Å². The predicted octanol–water partition coefficient (Wildman–Crippen LogP) is -0.164. The molecule has 1 heterocycles. The Hall–Kier alpha value is -0.810. The summed E-state index contributed by atoms with van der Waals surface area (Å²) in [5.74, 6) is 0. The Balaban J connectivity index is 2.35. The molecule has 1 rings (SSSR count). The Bertz CT molecular complexity index is 174. The molecule has 1 saturated heterocycles. The van der Waals surface area contributed by atoms with E-state index in [4.69, 9.17) is 14.6 Å². The molecule has 0 radical (unpaired) electrons. The van der Waals surface area contributed by atoms with Crippen molar-refractivity contribution in [1.29, 1.82) is 0 Å². The molecule has 0 aromatic rings. The SMILES string of the molecule is C[C@@H]1COCCN1C(=O)OCCO. The summed E-state index contributed by atoms with van der Waals surface area (Å²) >= 11 is 0. The predicted molar refractivity (Wildman–Crippen MR) is 45.4 cm³/mol. The smallest absolute Gasteiger partial charge is 0.410 e. The Morgan fingerprint density at radius 1 is 1.77 bits per heavy atom. The van der Waals surface area contributed by atoms with Gasteiger partial charge in [0.2, 0.25) is 0 Å². The van der Waals surface area contributed by atoms with E-state index in [-0.39, 0.29) is 25.3 Å². The molecule has 0 bridgehead atoms. The molecule has 0 spiro atoms. The van der Waals surface area contributed by atoms with E-state index in [0.29, 0.717) is 19.8 Å². The number of ether oxygens (including phenoxy) is 2. The average molecular weight is 189 g/mol. The van der Waals surface area contributed by atoms with Crippen molar-refractivity contribution in [3.8, 4) is 0 Å². The van der Waals surface area contributed by atoms with Gasteiger partial charge in [-0.2, -0.15) is 0 Å². The van der Waals surface area contributed by atoms with Crippen molar-refractivity contribution in [3.05, 3.63) is 0 Å². The van der Waals surface area contributed by atoms with Gasteiger partial charge in [0.15, 0.2) is 0 Å². The number of hydrogen-bond donors (Lipinski definition) is 1. The maximum Gasteiger partial charge on any atom is 0.410 e. The minimum absolute atomic E-state index is 0.0555. The molecule has 0 aromatic carbocycles. The second-order valence-electron chi connectivity index (χ2n) is 2.96. The van der Waals surface area contributed by atoms with Gasteiger partial charge in [-0.3, -0.25) is 0 Å². The van der Waals surface area contributed by atoms with E-state index in [1.807, 2.05) is 6.92 Å². The summed E-state index contributed by atoms with van der Waals surface area (Å²) in [5, 5.41) is 8.46. The molecule has 1 N–H and O–H groups in total. The highest BCUT2D eigenvalue weighted by Gasteiger charge is 2.24. The van der Waals surface area contributed by atoms with Gasteiger partial charge in [-0.25, -0.2) is 4.79 Å². The van der Waals surface area contributed by atoms with Crippen LogP contribution >= 0.6 is 0 Å². The minimum Gasteiger partial charge on any atom is -0.447 e. The second kappa shape index (κ2) is 5.04. The molecular weight excluding hydrogens is 174 g/mol. The average Bonchev–Trinajstić information content (AvgIpc) is 2.15. The Morgan fingerprint density at radius 3 is 3.15 bits per heavy atom. The van der Waals surface area contributed by atoms with Crippen molar-refractivity contribution in [2.75, 3.05) is 33.0 Å². The third-order valence-electron chi connectivity index (χ3n) is 1.92. The summed E-state index contributed by atoms with van der Waals surface area (Å²) in [6.45, 7) is 3.49. The van der Waals surface area contributed by atoms with Gasteiger partial charge in [-0.05, 0) is 6.92 Å². The first kappa shape index (κ1) is 10.3. The number of carbonyl (C=O) groups is 1. The third kappa shape index (κ3) is 2.86. The van der Waals surface area contributed by atoms with Gasteiger partial charge in [-0.1, -0.05) is 0 Å². The molecule has 1 amide bonds. The summed E-state index contributed by atoms with van der Waals surface area (Å²) < 4.78 is 9.95. The zero-order valence-corrected chi connectivity index (χ0v) is 7.73. The molecule has 1 aliphatic rings. The van der Waals surface area contributed by atoms with E-state index < -0.39 is 0 Å². The molecular formula is C8H15NO4. The molecule has 1 fully saturated rings. The van der Waals surface area contributed by atoms with E-state index in [9.17, 15) is 4.79 Å². The van der Waals surface area contributed by atoms with Crippen LogP contribution in [-0.4, -0.2) is 55.1 Å². The first-order chi connectivity index (χ1) is 6.25. The molecule has 5 nitrogen and oxygen atoms in total. The number of morpholine rings is 1. The lowest BCUT2D eigenvalue weighted by Gasteiger charge is -2.32. The van der Waals surface area contributed by atoms with Crippen LogP contribution in [0.2, 0.25) is 0 Å². The number of carbonyl (C=O) groups excluding carboxylic acids is 1. The zero-order valence-electron chi connectivity index (χ0n) is 7.73. The van der Waals surface area contributed by atoms with Crippen molar-refractivity contribution in [1.82, 2.24) is 4.90 Å². The van der Waals surface area contributed by atoms with Crippen LogP contribution < -0.4 is 0 Å². The summed E-state index contributed by atoms with van der Waals surface area (Å²) in [4.78, 5) is 12.9. The summed E-state index contributed by atoms with van der Waals surface area (Å²) in [7, 11) is 0. The fourth-order valence-electron chi connectivity index (χ4n) is 1.21. The van der Waals surface area contributed by atoms with Gasteiger partial charge in [-0.15, -0.1) is 0 Å². The summed E-state index contributed by atoms with van der Waals surface area (Å²) in [6, 6.07) is 0.0555. The van der Waals surface area contributed by atoms with Gasteiger partial charge < -0.3 is 19.5 Å². The van der Waals surface area contributed by atoms with Crippen LogP contribution in [0.25, 0.3) is 0 Å². The van der Waals surface area contributed by atoms with Gasteiger partial charge >= 0.3 is 6.09 Å². The van der Waals surface area contributed by atoms with Crippen LogP contribution in [0.3, 0.4) is 0 Å². The number of aliphatic hydroxyl groups excluding tert-OH is 1. The summed E-state index contributed by atoms with van der Waals surface area (Å²) in [6.07, 6.45) is -0.371. The highest BCUT2D eigenvalue weighted by molar-refractivity contribution is 5.68. The van der Waals surface area contributed by atoms with E-state index in [0.717, 1.165) is 0 Å². The maximum absolute atomic E-state index is 11.3. The molecule has 1 aliphatic heterocycles. The molecule has 5 heteroatoms. The van der Waals surface area contributed by atoms with Crippen LogP contribution in [0.15, 0.2) is 0 Å². The number of aliphatic hydroxyl groups is 1. The number of rotatable bonds is 2. The van der Waals surface area contributed by atoms with Crippen LogP contribution in [0.5, 0.6) is 0 Å². The number of amides is 1. The fourth-order valence-corrected chi connectivity index (χ4v) is 1.21. The van der Waals surface area contributed by atoms with E-state index >= 15 is 0 Å². The lowest BCUT2D eigenvalue weighted by atomic mass is 10.3. The van der Waals surface area contributed by atoms with Crippen LogP contribution in [0.1, 0.15) is 6.92 Å². The highest BCUT2D eigenvalue weighted by atomic mass is 16.6. The number of nitrogens with zero attached hydrogens (tertiary/aromatic N) is 1. The third-order valence-corrected chi connectivity index (χ3v) is 1.92. The minimum atomic E-state index is -0.371. The van der Waals surface area contributed by atoms with Crippen molar-refractivity contribution in [3.63, 3.8) is 0 Å². The Morgan fingerprint density at radius 2 is 2.54 bits per heavy atom. The van der Waals surface area contributed by atoms with Crippen LogP contribution in [-0.2, 0) is 9.47 Å². The largest absolute Gasteiger partial charge is 0.447 e. The lowest BCUT2D eigenvalue weighted by Crippen LogP contribution is -2.47. The normalized spacial score (nSPS) is 22.9. The Labute approximate surface area is 77.2 Å². The second-order valence-corrected chi connectivity index (χ2v) is 2.96. The molecule has 76 valence electrons. The number of hydrogen-bond acceptors (Lipinski definition) is 4. The van der Waals surface area contributed by atoms with Gasteiger partial charge in [0.05, 0.1) is 25.9 Å². The topological polar surface area (TPSA) is 59.0 Å². The van der Waals surface area contributed by atoms with Crippen LogP contribution in [0, 0.1) is 0 Å². The molecule has 1 atom stereocenters. The first-order valence-corrected chi connectivity index (χ1v) is 4.37. The highest BCUT2D eigenvalue weighted by Crippen LogP contribution is 2.07. The summed E-state index contributed by atoms with van der Waals surface area (Å²) in [5.41, 5.74) is 0. The van der Waals surface area contributed by atoms with Crippen molar-refractivity contribution >= 4 is 6.09 Å². The molecule has 13 heavy (non-hydrogen) atoms. The van der Waals surface area contributed by atoms with E-state index in [2.05, 4.69) is 0 Å². The zero-order chi connectivity index (χ0) is 9.68. The van der Waals surface area contributed by atoms with Crippen molar-refractivity contribution < 1.29 is 19.4 Å². The van der Waals surface area contributed by atoms with Gasteiger partial charge in [0.1, 0.15) is 6.61 Å². The lowest BCUT2D eigenvalue weighted by molar-refractivity contribution is -0.00585. The molecule has 0 saturated carbocycles. The molecule has 0 unspecified atom stereocenters. The standard InChI is InChI=1S/C8H15NO4/c1-7-6-12-4-2-9(7)8(11)13-5-3-10/h7,10H,2-6H2,1H3/t7-/m1/s1. The quantitative estimate of drug-likeness (QED) is 0.655. The Kier molecular flexibility index (Phi) is 3.98. The fraction of sp³-hybridized carbons (Fsp3) is 0.875. The van der Waals surface area contributed by atoms with Crippen molar-refractivity contribution in [2.45, 2.75) is 13.0 Å². The van der Waals surface area contributed by atoms with E-state index in [1.54, 1.807) is 4.90 Å². The maximum atomic E-state index is 11.3. The van der Waals surface area contributed by atoms with Crippen LogP contribution in [0.4, 0.5) is 4.79 Å². The van der Waals surface area contributed by atoms with Gasteiger partial charge in [0.25, 0.3) is 0 Å². The monoisotopic (exact) mass is 189 g/mol. The van der Waals surface area contributed by atoms with E-state index in [1.165, 1.54) is 0 Å². The first-order valence-electron chi connectivity index (χ1n) is 4.37. The van der Waals surface area contributed by atoms with Crippen molar-refractivity contribution in [2.24, 2.45) is 0 Å².